The molecule has 3 nitrogen and oxygen atoms in total. The van der Waals surface area contributed by atoms with Crippen molar-refractivity contribution in [1.29, 1.82) is 0 Å². The number of hydrogen-bond acceptors (Lipinski definition) is 2. The molecule has 0 saturated carbocycles. The van der Waals surface area contributed by atoms with Gasteiger partial charge in [0.05, 0.1) is 16.3 Å². The Morgan fingerprint density at radius 3 is 2.11 bits per heavy atom. The minimum atomic E-state index is -0.649. The first kappa shape index (κ1) is 14.2. The molecule has 0 aliphatic carbocycles. The van der Waals surface area contributed by atoms with Crippen LogP contribution in [0.2, 0.25) is 15.1 Å². The van der Waals surface area contributed by atoms with E-state index >= 15 is 0 Å². The number of amides is 1. The Morgan fingerprint density at radius 1 is 0.947 bits per heavy atom. The van der Waals surface area contributed by atoms with Crippen LogP contribution in [0.1, 0.15) is 10.4 Å². The predicted octanol–water partition coefficient (Wildman–Crippen LogP) is 4.68. The van der Waals surface area contributed by atoms with E-state index in [9.17, 15) is 10.0 Å². The third kappa shape index (κ3) is 3.19. The van der Waals surface area contributed by atoms with Crippen LogP contribution >= 0.6 is 34.8 Å². The van der Waals surface area contributed by atoms with Gasteiger partial charge in [-0.05, 0) is 42.5 Å². The van der Waals surface area contributed by atoms with E-state index in [2.05, 4.69) is 0 Å². The Labute approximate surface area is 124 Å². The Balaban J connectivity index is 2.30. The lowest BCUT2D eigenvalue weighted by molar-refractivity contribution is 0.0855. The summed E-state index contributed by atoms with van der Waals surface area (Å²) in [6.45, 7) is 0. The van der Waals surface area contributed by atoms with Crippen LogP contribution in [-0.4, -0.2) is 11.1 Å². The summed E-state index contributed by atoms with van der Waals surface area (Å²) in [4.78, 5) is 12.1. The molecule has 0 unspecified atom stereocenters. The fraction of sp³-hybridized carbons (Fsp3) is 0. The van der Waals surface area contributed by atoms with E-state index in [0.717, 1.165) is 0 Å². The molecule has 2 aromatic rings. The molecule has 1 N–H and O–H groups in total. The van der Waals surface area contributed by atoms with Crippen LogP contribution in [0.5, 0.6) is 0 Å². The van der Waals surface area contributed by atoms with Crippen molar-refractivity contribution < 1.29 is 10.0 Å². The Morgan fingerprint density at radius 2 is 1.53 bits per heavy atom. The van der Waals surface area contributed by atoms with Crippen molar-refractivity contribution in [2.75, 3.05) is 5.06 Å². The normalized spacial score (nSPS) is 10.3. The number of rotatable bonds is 2. The average Bonchev–Trinajstić information content (AvgIpc) is 2.38. The molecule has 0 saturated heterocycles. The molecule has 98 valence electrons. The topological polar surface area (TPSA) is 40.5 Å². The zero-order chi connectivity index (χ0) is 14.0. The Bertz CT molecular complexity index is 614. The molecule has 19 heavy (non-hydrogen) atoms. The molecule has 0 spiro atoms. The number of anilines is 1. The van der Waals surface area contributed by atoms with Gasteiger partial charge in [0.25, 0.3) is 5.91 Å². The van der Waals surface area contributed by atoms with Crippen molar-refractivity contribution in [3.05, 3.63) is 63.1 Å². The Hall–Kier alpha value is -1.26. The second-order valence-corrected chi connectivity index (χ2v) is 5.00. The zero-order valence-corrected chi connectivity index (χ0v) is 11.7. The van der Waals surface area contributed by atoms with E-state index in [4.69, 9.17) is 34.8 Å². The van der Waals surface area contributed by atoms with E-state index in [1.165, 1.54) is 30.3 Å². The summed E-state index contributed by atoms with van der Waals surface area (Å²) in [6, 6.07) is 10.6. The summed E-state index contributed by atoms with van der Waals surface area (Å²) in [7, 11) is 0. The minimum Gasteiger partial charge on any atom is -0.281 e. The number of nitrogens with zero attached hydrogens (tertiary/aromatic N) is 1. The molecule has 0 atom stereocenters. The highest BCUT2D eigenvalue weighted by atomic mass is 35.5. The van der Waals surface area contributed by atoms with E-state index in [1.807, 2.05) is 0 Å². The van der Waals surface area contributed by atoms with Crippen LogP contribution in [0.4, 0.5) is 5.69 Å². The third-order valence-electron chi connectivity index (χ3n) is 2.43. The smallest absolute Gasteiger partial charge is 0.281 e. The number of hydrogen-bond donors (Lipinski definition) is 1. The second kappa shape index (κ2) is 5.80. The molecule has 0 fully saturated rings. The van der Waals surface area contributed by atoms with Gasteiger partial charge >= 0.3 is 0 Å². The van der Waals surface area contributed by atoms with E-state index in [-0.39, 0.29) is 10.6 Å². The molecule has 2 aromatic carbocycles. The van der Waals surface area contributed by atoms with Gasteiger partial charge in [-0.1, -0.05) is 34.8 Å². The molecule has 1 amide bonds. The summed E-state index contributed by atoms with van der Waals surface area (Å²) >= 11 is 17.4. The molecule has 0 aromatic heterocycles. The highest BCUT2D eigenvalue weighted by molar-refractivity contribution is 6.37. The van der Waals surface area contributed by atoms with Gasteiger partial charge in [0.1, 0.15) is 0 Å². The zero-order valence-electron chi connectivity index (χ0n) is 9.48. The number of halogens is 3. The quantitative estimate of drug-likeness (QED) is 0.645. The van der Waals surface area contributed by atoms with Crippen LogP contribution in [0.15, 0.2) is 42.5 Å². The van der Waals surface area contributed by atoms with E-state index in [0.29, 0.717) is 20.8 Å². The van der Waals surface area contributed by atoms with Gasteiger partial charge in [-0.25, -0.2) is 0 Å². The van der Waals surface area contributed by atoms with Gasteiger partial charge in [-0.15, -0.1) is 0 Å². The van der Waals surface area contributed by atoms with E-state index < -0.39 is 5.91 Å². The highest BCUT2D eigenvalue weighted by Gasteiger charge is 2.18. The lowest BCUT2D eigenvalue weighted by atomic mass is 10.2. The minimum absolute atomic E-state index is 0.156. The van der Waals surface area contributed by atoms with Gasteiger partial charge in [-0.2, -0.15) is 5.06 Å². The van der Waals surface area contributed by atoms with Crippen molar-refractivity contribution >= 4 is 46.4 Å². The molecule has 2 rings (SSSR count). The lowest BCUT2D eigenvalue weighted by Crippen LogP contribution is -2.27. The maximum absolute atomic E-state index is 12.1. The van der Waals surface area contributed by atoms with Crippen molar-refractivity contribution in [2.45, 2.75) is 0 Å². The molecule has 6 heteroatoms. The van der Waals surface area contributed by atoms with Gasteiger partial charge in [0, 0.05) is 10.0 Å². The molecule has 0 bridgehead atoms. The largest absolute Gasteiger partial charge is 0.283 e. The van der Waals surface area contributed by atoms with Crippen LogP contribution < -0.4 is 5.06 Å². The number of carbonyl (C=O) groups excluding carboxylic acids is 1. The van der Waals surface area contributed by atoms with Gasteiger partial charge in [-0.3, -0.25) is 10.0 Å². The first-order valence-electron chi connectivity index (χ1n) is 5.23. The van der Waals surface area contributed by atoms with Crippen LogP contribution in [0.3, 0.4) is 0 Å². The SMILES string of the molecule is O=C(c1ccc(Cl)cc1Cl)N(O)c1ccc(Cl)cc1. The fourth-order valence-electron chi connectivity index (χ4n) is 1.48. The first-order valence-corrected chi connectivity index (χ1v) is 6.36. The average molecular weight is 317 g/mol. The van der Waals surface area contributed by atoms with Crippen molar-refractivity contribution in [2.24, 2.45) is 0 Å². The number of hydroxylamine groups is 1. The van der Waals surface area contributed by atoms with Crippen LogP contribution in [0.25, 0.3) is 0 Å². The summed E-state index contributed by atoms with van der Waals surface area (Å²) in [5, 5.41) is 11.5. The molecule has 0 radical (unpaired) electrons. The van der Waals surface area contributed by atoms with Crippen molar-refractivity contribution in [1.82, 2.24) is 0 Å². The molecular formula is C13H8Cl3NO2. The Kier molecular flexibility index (Phi) is 4.32. The van der Waals surface area contributed by atoms with Crippen LogP contribution in [-0.2, 0) is 0 Å². The van der Waals surface area contributed by atoms with Crippen molar-refractivity contribution in [3.63, 3.8) is 0 Å². The molecule has 0 heterocycles. The monoisotopic (exact) mass is 315 g/mol. The molecule has 0 aliphatic rings. The summed E-state index contributed by atoms with van der Waals surface area (Å²) in [5.41, 5.74) is 0.448. The number of carbonyl (C=O) groups is 1. The molecule has 0 aliphatic heterocycles. The predicted molar refractivity (Wildman–Crippen MR) is 76.5 cm³/mol. The fourth-order valence-corrected chi connectivity index (χ4v) is 2.09. The van der Waals surface area contributed by atoms with Crippen LogP contribution in [0, 0.1) is 0 Å². The van der Waals surface area contributed by atoms with Gasteiger partial charge in [0.2, 0.25) is 0 Å². The van der Waals surface area contributed by atoms with Gasteiger partial charge in [0.15, 0.2) is 0 Å². The maximum Gasteiger partial charge on any atom is 0.283 e. The van der Waals surface area contributed by atoms with Crippen molar-refractivity contribution in [3.8, 4) is 0 Å². The standard InChI is InChI=1S/C13H8Cl3NO2/c14-8-1-4-10(5-2-8)17(19)13(18)11-6-3-9(15)7-12(11)16/h1-7,19H. The molecular weight excluding hydrogens is 309 g/mol. The highest BCUT2D eigenvalue weighted by Crippen LogP contribution is 2.24. The maximum atomic E-state index is 12.1. The summed E-state index contributed by atoms with van der Waals surface area (Å²) in [5.74, 6) is -0.649. The number of benzene rings is 2. The second-order valence-electron chi connectivity index (χ2n) is 3.72. The summed E-state index contributed by atoms with van der Waals surface area (Å²) < 4.78 is 0. The first-order chi connectivity index (χ1) is 8.99. The summed E-state index contributed by atoms with van der Waals surface area (Å²) in [6.07, 6.45) is 0. The van der Waals surface area contributed by atoms with Gasteiger partial charge < -0.3 is 0 Å². The third-order valence-corrected chi connectivity index (χ3v) is 3.22. The van der Waals surface area contributed by atoms with E-state index in [1.54, 1.807) is 12.1 Å². The lowest BCUT2D eigenvalue weighted by Gasteiger charge is -2.15.